The van der Waals surface area contributed by atoms with E-state index in [0.29, 0.717) is 16.3 Å². The zero-order valence-corrected chi connectivity index (χ0v) is 14.5. The van der Waals surface area contributed by atoms with Crippen LogP contribution in [0.2, 0.25) is 5.02 Å². The molecule has 0 heterocycles. The first kappa shape index (κ1) is 17.2. The number of rotatable bonds is 3. The molecule has 2 aromatic carbocycles. The Morgan fingerprint density at radius 2 is 1.87 bits per heavy atom. The number of carbonyl (C=O) groups is 2. The number of benzene rings is 2. The van der Waals surface area contributed by atoms with Crippen LogP contribution in [0.5, 0.6) is 0 Å². The normalized spacial score (nSPS) is 10.6. The molecule has 2 N–H and O–H groups in total. The Labute approximate surface area is 146 Å². The van der Waals surface area contributed by atoms with Crippen LogP contribution in [0.1, 0.15) is 11.1 Å². The average Bonchev–Trinajstić information content (AvgIpc) is 2.53. The average molecular weight is 395 g/mol. The molecule has 0 atom stereocenters. The maximum Gasteiger partial charge on any atom is 0.329 e. The van der Waals surface area contributed by atoms with Gasteiger partial charge in [-0.25, -0.2) is 5.43 Å². The summed E-state index contributed by atoms with van der Waals surface area (Å²) in [7, 11) is 0. The van der Waals surface area contributed by atoms with Crippen LogP contribution in [0.25, 0.3) is 0 Å². The van der Waals surface area contributed by atoms with Crippen molar-refractivity contribution in [2.24, 2.45) is 5.10 Å². The number of nitrogens with zero attached hydrogens (tertiary/aromatic N) is 1. The molecule has 5 nitrogen and oxygen atoms in total. The van der Waals surface area contributed by atoms with Gasteiger partial charge in [-0.15, -0.1) is 0 Å². The van der Waals surface area contributed by atoms with E-state index >= 15 is 0 Å². The van der Waals surface area contributed by atoms with E-state index in [1.54, 1.807) is 25.1 Å². The predicted molar refractivity (Wildman–Crippen MR) is 94.7 cm³/mol. The van der Waals surface area contributed by atoms with Crippen LogP contribution in [0.3, 0.4) is 0 Å². The molecule has 0 aliphatic carbocycles. The Bertz CT molecular complexity index is 778. The van der Waals surface area contributed by atoms with E-state index in [2.05, 4.69) is 31.8 Å². The Balaban J connectivity index is 1.97. The number of halogens is 2. The highest BCUT2D eigenvalue weighted by Crippen LogP contribution is 2.22. The van der Waals surface area contributed by atoms with E-state index in [1.807, 2.05) is 24.3 Å². The molecule has 2 amide bonds. The topological polar surface area (TPSA) is 70.6 Å². The van der Waals surface area contributed by atoms with Crippen molar-refractivity contribution in [3.8, 4) is 0 Å². The number of anilines is 1. The second-order valence-corrected chi connectivity index (χ2v) is 5.85. The summed E-state index contributed by atoms with van der Waals surface area (Å²) in [5, 5.41) is 6.77. The summed E-state index contributed by atoms with van der Waals surface area (Å²) in [6, 6.07) is 12.4. The van der Waals surface area contributed by atoms with Crippen LogP contribution in [0, 0.1) is 6.92 Å². The molecule has 0 aromatic heterocycles. The SMILES string of the molecule is Cc1c(Cl)cccc1NC(=O)C(=O)N/N=C/c1ccccc1Br. The second kappa shape index (κ2) is 7.89. The predicted octanol–water partition coefficient (Wildman–Crippen LogP) is 3.50. The highest BCUT2D eigenvalue weighted by Gasteiger charge is 2.14. The summed E-state index contributed by atoms with van der Waals surface area (Å²) in [4.78, 5) is 23.6. The molecule has 0 radical (unpaired) electrons. The fraction of sp³-hybridized carbons (Fsp3) is 0.0625. The lowest BCUT2D eigenvalue weighted by molar-refractivity contribution is -0.136. The van der Waals surface area contributed by atoms with Crippen LogP contribution < -0.4 is 10.7 Å². The van der Waals surface area contributed by atoms with Gasteiger partial charge in [-0.2, -0.15) is 5.10 Å². The van der Waals surface area contributed by atoms with E-state index in [9.17, 15) is 9.59 Å². The number of hydrazone groups is 1. The van der Waals surface area contributed by atoms with Gasteiger partial charge in [0, 0.05) is 20.7 Å². The van der Waals surface area contributed by atoms with Crippen molar-refractivity contribution < 1.29 is 9.59 Å². The molecule has 0 saturated carbocycles. The van der Waals surface area contributed by atoms with Crippen LogP contribution in [-0.2, 0) is 9.59 Å². The quantitative estimate of drug-likeness (QED) is 0.475. The lowest BCUT2D eigenvalue weighted by atomic mass is 10.2. The van der Waals surface area contributed by atoms with Gasteiger partial charge in [0.2, 0.25) is 0 Å². The van der Waals surface area contributed by atoms with Gasteiger partial charge in [0.25, 0.3) is 0 Å². The minimum absolute atomic E-state index is 0.479. The van der Waals surface area contributed by atoms with E-state index in [-0.39, 0.29) is 0 Å². The highest BCUT2D eigenvalue weighted by atomic mass is 79.9. The van der Waals surface area contributed by atoms with Crippen molar-refractivity contribution in [1.29, 1.82) is 0 Å². The van der Waals surface area contributed by atoms with Gasteiger partial charge in [0.1, 0.15) is 0 Å². The molecule has 0 aliphatic heterocycles. The lowest BCUT2D eigenvalue weighted by Gasteiger charge is -2.08. The van der Waals surface area contributed by atoms with Crippen molar-refractivity contribution in [2.45, 2.75) is 6.92 Å². The smallest absolute Gasteiger partial charge is 0.317 e. The fourth-order valence-corrected chi connectivity index (χ4v) is 2.27. The summed E-state index contributed by atoms with van der Waals surface area (Å²) in [6.45, 7) is 1.75. The molecule has 0 saturated heterocycles. The third-order valence-electron chi connectivity index (χ3n) is 3.00. The lowest BCUT2D eigenvalue weighted by Crippen LogP contribution is -2.32. The van der Waals surface area contributed by atoms with Crippen molar-refractivity contribution in [3.05, 3.63) is 63.1 Å². The van der Waals surface area contributed by atoms with Gasteiger partial charge in [-0.1, -0.05) is 51.8 Å². The summed E-state index contributed by atoms with van der Waals surface area (Å²) in [6.07, 6.45) is 1.44. The summed E-state index contributed by atoms with van der Waals surface area (Å²) in [5.41, 5.74) is 4.12. The Morgan fingerprint density at radius 1 is 1.13 bits per heavy atom. The molecule has 7 heteroatoms. The van der Waals surface area contributed by atoms with Gasteiger partial charge >= 0.3 is 11.8 Å². The minimum atomic E-state index is -0.868. The van der Waals surface area contributed by atoms with E-state index in [4.69, 9.17) is 11.6 Å². The number of nitrogens with one attached hydrogen (secondary N) is 2. The largest absolute Gasteiger partial charge is 0.329 e. The maximum atomic E-state index is 11.8. The van der Waals surface area contributed by atoms with Crippen LogP contribution in [0.4, 0.5) is 5.69 Å². The van der Waals surface area contributed by atoms with E-state index in [0.717, 1.165) is 10.0 Å². The van der Waals surface area contributed by atoms with Crippen LogP contribution >= 0.6 is 27.5 Å². The van der Waals surface area contributed by atoms with Crippen molar-refractivity contribution in [3.63, 3.8) is 0 Å². The number of amides is 2. The molecule has 2 rings (SSSR count). The van der Waals surface area contributed by atoms with Gasteiger partial charge in [-0.3, -0.25) is 9.59 Å². The molecule has 118 valence electrons. The second-order valence-electron chi connectivity index (χ2n) is 4.59. The first-order chi connectivity index (χ1) is 11.0. The maximum absolute atomic E-state index is 11.8. The third-order valence-corrected chi connectivity index (χ3v) is 4.13. The van der Waals surface area contributed by atoms with E-state index in [1.165, 1.54) is 6.21 Å². The van der Waals surface area contributed by atoms with Gasteiger partial charge in [0.05, 0.1) is 6.21 Å². The molecular formula is C16H13BrClN3O2. The van der Waals surface area contributed by atoms with Crippen molar-refractivity contribution in [2.75, 3.05) is 5.32 Å². The Morgan fingerprint density at radius 3 is 2.61 bits per heavy atom. The Kier molecular flexibility index (Phi) is 5.90. The molecular weight excluding hydrogens is 382 g/mol. The molecule has 0 unspecified atom stereocenters. The summed E-state index contributed by atoms with van der Waals surface area (Å²) < 4.78 is 0.831. The number of carbonyl (C=O) groups excluding carboxylic acids is 2. The number of hydrogen-bond acceptors (Lipinski definition) is 3. The first-order valence-electron chi connectivity index (χ1n) is 6.63. The fourth-order valence-electron chi connectivity index (χ4n) is 1.71. The molecule has 0 bridgehead atoms. The van der Waals surface area contributed by atoms with Crippen molar-refractivity contribution >= 4 is 51.2 Å². The summed E-state index contributed by atoms with van der Waals surface area (Å²) >= 11 is 9.32. The Hall–Kier alpha value is -2.18. The monoisotopic (exact) mass is 393 g/mol. The van der Waals surface area contributed by atoms with Crippen molar-refractivity contribution in [1.82, 2.24) is 5.43 Å². The highest BCUT2D eigenvalue weighted by molar-refractivity contribution is 9.10. The third kappa shape index (κ3) is 4.64. The minimum Gasteiger partial charge on any atom is -0.317 e. The zero-order valence-electron chi connectivity index (χ0n) is 12.1. The van der Waals surface area contributed by atoms with E-state index < -0.39 is 11.8 Å². The number of hydrogen-bond donors (Lipinski definition) is 2. The molecule has 2 aromatic rings. The van der Waals surface area contributed by atoms with Crippen LogP contribution in [0.15, 0.2) is 52.0 Å². The van der Waals surface area contributed by atoms with Gasteiger partial charge in [-0.05, 0) is 30.7 Å². The first-order valence-corrected chi connectivity index (χ1v) is 7.80. The van der Waals surface area contributed by atoms with Crippen LogP contribution in [-0.4, -0.2) is 18.0 Å². The zero-order chi connectivity index (χ0) is 16.8. The van der Waals surface area contributed by atoms with Gasteiger partial charge < -0.3 is 5.32 Å². The molecule has 0 spiro atoms. The standard InChI is InChI=1S/C16H13BrClN3O2/c1-10-13(18)7-4-8-14(10)20-15(22)16(23)21-19-9-11-5-2-3-6-12(11)17/h2-9H,1H3,(H,20,22)(H,21,23)/b19-9+. The molecule has 0 aliphatic rings. The molecule has 23 heavy (non-hydrogen) atoms. The van der Waals surface area contributed by atoms with Gasteiger partial charge in [0.15, 0.2) is 0 Å². The summed E-state index contributed by atoms with van der Waals surface area (Å²) in [5.74, 6) is -1.69. The molecule has 0 fully saturated rings.